The molecule has 0 saturated carbocycles. The van der Waals surface area contributed by atoms with Crippen LogP contribution < -0.4 is 4.84 Å². The van der Waals surface area contributed by atoms with E-state index < -0.39 is 21.4 Å². The average Bonchev–Trinajstić information content (AvgIpc) is 2.52. The second-order valence-electron chi connectivity index (χ2n) is 3.24. The van der Waals surface area contributed by atoms with Crippen LogP contribution in [0.1, 0.15) is 13.8 Å². The maximum atomic E-state index is 10.7. The molecule has 0 aliphatic heterocycles. The molecule has 17 heavy (non-hydrogen) atoms. The molecule has 1 heterocycles. The van der Waals surface area contributed by atoms with Crippen molar-refractivity contribution in [3.05, 3.63) is 20.2 Å². The Hall–Kier alpha value is -2.52. The van der Waals surface area contributed by atoms with Crippen molar-refractivity contribution in [2.45, 2.75) is 13.8 Å². The fraction of sp³-hybridized carbons (Fsp3) is 0.429. The molecule has 0 saturated heterocycles. The molecule has 0 amide bonds. The molecule has 10 nitrogen and oxygen atoms in total. The summed E-state index contributed by atoms with van der Waals surface area (Å²) < 4.78 is 0.892. The van der Waals surface area contributed by atoms with Crippen LogP contribution in [0.3, 0.4) is 0 Å². The number of nitrogens with zero attached hydrogens (tertiary/aromatic N) is 5. The SMILES string of the molecule is CC(C)=NOc1c([N+](=O)[O-])c([N+](=O)[O-])nn1C. The van der Waals surface area contributed by atoms with Gasteiger partial charge in [0, 0.05) is 0 Å². The highest BCUT2D eigenvalue weighted by Gasteiger charge is 2.38. The molecular formula is C7H9N5O5. The van der Waals surface area contributed by atoms with Crippen LogP contribution in [-0.4, -0.2) is 25.3 Å². The summed E-state index contributed by atoms with van der Waals surface area (Å²) in [5.74, 6) is -1.26. The Morgan fingerprint density at radius 1 is 1.35 bits per heavy atom. The van der Waals surface area contributed by atoms with E-state index in [4.69, 9.17) is 4.84 Å². The van der Waals surface area contributed by atoms with Crippen molar-refractivity contribution < 1.29 is 14.7 Å². The van der Waals surface area contributed by atoms with Gasteiger partial charge in [-0.1, -0.05) is 5.16 Å². The van der Waals surface area contributed by atoms with Crippen molar-refractivity contribution in [3.8, 4) is 5.88 Å². The summed E-state index contributed by atoms with van der Waals surface area (Å²) in [7, 11) is 1.29. The molecule has 0 atom stereocenters. The Kier molecular flexibility index (Phi) is 3.36. The van der Waals surface area contributed by atoms with Crippen LogP contribution in [0.2, 0.25) is 0 Å². The molecule has 0 aromatic carbocycles. The third-order valence-electron chi connectivity index (χ3n) is 1.62. The third-order valence-corrected chi connectivity index (χ3v) is 1.62. The van der Waals surface area contributed by atoms with E-state index in [2.05, 4.69) is 10.3 Å². The first kappa shape index (κ1) is 12.5. The predicted molar refractivity (Wildman–Crippen MR) is 55.9 cm³/mol. The molecule has 0 N–H and O–H groups in total. The van der Waals surface area contributed by atoms with E-state index in [0.29, 0.717) is 5.71 Å². The van der Waals surface area contributed by atoms with Crippen LogP contribution in [0.5, 0.6) is 5.88 Å². The number of hydrogen-bond acceptors (Lipinski definition) is 7. The highest BCUT2D eigenvalue weighted by atomic mass is 16.7. The van der Waals surface area contributed by atoms with Crippen LogP contribution in [-0.2, 0) is 7.05 Å². The van der Waals surface area contributed by atoms with E-state index in [1.807, 2.05) is 0 Å². The lowest BCUT2D eigenvalue weighted by molar-refractivity contribution is -0.425. The van der Waals surface area contributed by atoms with Gasteiger partial charge in [-0.3, -0.25) is 10.1 Å². The lowest BCUT2D eigenvalue weighted by Crippen LogP contribution is -1.99. The van der Waals surface area contributed by atoms with Gasteiger partial charge < -0.3 is 15.0 Å². The number of rotatable bonds is 4. The minimum atomic E-state index is -0.951. The fourth-order valence-electron chi connectivity index (χ4n) is 1.00. The van der Waals surface area contributed by atoms with Crippen molar-refractivity contribution in [3.63, 3.8) is 0 Å². The Labute approximate surface area is 94.8 Å². The largest absolute Gasteiger partial charge is 0.472 e. The van der Waals surface area contributed by atoms with Gasteiger partial charge in [0.1, 0.15) is 0 Å². The van der Waals surface area contributed by atoms with Crippen molar-refractivity contribution in [2.75, 3.05) is 0 Å². The van der Waals surface area contributed by atoms with E-state index in [9.17, 15) is 20.2 Å². The van der Waals surface area contributed by atoms with Crippen molar-refractivity contribution in [2.24, 2.45) is 12.2 Å². The molecule has 0 unspecified atom stereocenters. The quantitative estimate of drug-likeness (QED) is 0.441. The normalized spacial score (nSPS) is 9.82. The van der Waals surface area contributed by atoms with E-state index >= 15 is 0 Å². The maximum absolute atomic E-state index is 10.7. The highest BCUT2D eigenvalue weighted by molar-refractivity contribution is 5.78. The average molecular weight is 243 g/mol. The highest BCUT2D eigenvalue weighted by Crippen LogP contribution is 2.35. The zero-order valence-electron chi connectivity index (χ0n) is 9.28. The summed E-state index contributed by atoms with van der Waals surface area (Å²) >= 11 is 0. The van der Waals surface area contributed by atoms with Crippen molar-refractivity contribution >= 4 is 17.2 Å². The number of aromatic nitrogens is 2. The second kappa shape index (κ2) is 4.55. The number of hydrogen-bond donors (Lipinski definition) is 0. The summed E-state index contributed by atoms with van der Waals surface area (Å²) in [6.45, 7) is 3.22. The third kappa shape index (κ3) is 2.53. The summed E-state index contributed by atoms with van der Waals surface area (Å²) in [5.41, 5.74) is -0.314. The molecule has 1 rings (SSSR count). The number of oxime groups is 1. The lowest BCUT2D eigenvalue weighted by atomic mass is 10.5. The van der Waals surface area contributed by atoms with Gasteiger partial charge in [0.25, 0.3) is 0 Å². The predicted octanol–water partition coefficient (Wildman–Crippen LogP) is 1.01. The monoisotopic (exact) mass is 243 g/mol. The molecule has 92 valence electrons. The summed E-state index contributed by atoms with van der Waals surface area (Å²) in [4.78, 5) is 24.2. The Bertz CT molecular complexity index is 501. The maximum Gasteiger partial charge on any atom is 0.472 e. The summed E-state index contributed by atoms with van der Waals surface area (Å²) in [6, 6.07) is 0. The fourth-order valence-corrected chi connectivity index (χ4v) is 1.00. The first-order valence-electron chi connectivity index (χ1n) is 4.38. The van der Waals surface area contributed by atoms with E-state index in [0.717, 1.165) is 4.68 Å². The van der Waals surface area contributed by atoms with Gasteiger partial charge >= 0.3 is 17.4 Å². The summed E-state index contributed by atoms with van der Waals surface area (Å²) in [5, 5.41) is 28.2. The van der Waals surface area contributed by atoms with Gasteiger partial charge in [0.15, 0.2) is 0 Å². The van der Waals surface area contributed by atoms with Gasteiger partial charge in [0.05, 0.1) is 22.8 Å². The van der Waals surface area contributed by atoms with Gasteiger partial charge in [-0.2, -0.15) is 0 Å². The second-order valence-corrected chi connectivity index (χ2v) is 3.24. The topological polar surface area (TPSA) is 126 Å². The number of nitro groups is 2. The molecule has 0 bridgehead atoms. The molecular weight excluding hydrogens is 234 g/mol. The van der Waals surface area contributed by atoms with Crippen molar-refractivity contribution in [1.82, 2.24) is 9.78 Å². The molecule has 0 radical (unpaired) electrons. The molecule has 0 fully saturated rings. The molecule has 10 heteroatoms. The van der Waals surface area contributed by atoms with Crippen LogP contribution in [0.25, 0.3) is 0 Å². The summed E-state index contributed by atoms with van der Waals surface area (Å²) in [6.07, 6.45) is 0. The van der Waals surface area contributed by atoms with Crippen LogP contribution in [0, 0.1) is 20.2 Å². The molecule has 0 aliphatic carbocycles. The van der Waals surface area contributed by atoms with Crippen molar-refractivity contribution in [1.29, 1.82) is 0 Å². The van der Waals surface area contributed by atoms with Crippen LogP contribution in [0.15, 0.2) is 5.16 Å². The standard InChI is InChI=1S/C7H9N5O5/c1-4(2)9-17-7-5(11(13)14)6(12(15)16)8-10(7)3/h1-3H3. The zero-order chi connectivity index (χ0) is 13.2. The van der Waals surface area contributed by atoms with Crippen LogP contribution >= 0.6 is 0 Å². The van der Waals surface area contributed by atoms with E-state index in [1.165, 1.54) is 7.05 Å². The minimum absolute atomic E-state index is 0.386. The minimum Gasteiger partial charge on any atom is -0.358 e. The lowest BCUT2D eigenvalue weighted by Gasteiger charge is -1.95. The smallest absolute Gasteiger partial charge is 0.358 e. The van der Waals surface area contributed by atoms with Gasteiger partial charge in [-0.05, 0) is 18.8 Å². The zero-order valence-corrected chi connectivity index (χ0v) is 9.28. The van der Waals surface area contributed by atoms with Crippen LogP contribution in [0.4, 0.5) is 11.5 Å². The van der Waals surface area contributed by atoms with E-state index in [1.54, 1.807) is 13.8 Å². The Morgan fingerprint density at radius 3 is 2.35 bits per heavy atom. The molecule has 1 aromatic rings. The molecule has 0 aliphatic rings. The number of aryl methyl sites for hydroxylation is 1. The van der Waals surface area contributed by atoms with E-state index in [-0.39, 0.29) is 5.88 Å². The first-order valence-corrected chi connectivity index (χ1v) is 4.38. The van der Waals surface area contributed by atoms with Gasteiger partial charge in [-0.25, -0.2) is 0 Å². The van der Waals surface area contributed by atoms with Gasteiger partial charge in [-0.15, -0.1) is 4.68 Å². The molecule has 1 aromatic heterocycles. The first-order chi connectivity index (χ1) is 7.84. The Balaban J connectivity index is 3.33. The van der Waals surface area contributed by atoms with Gasteiger partial charge in [0.2, 0.25) is 0 Å². The molecule has 0 spiro atoms. The Morgan fingerprint density at radius 2 is 1.94 bits per heavy atom.